The molecule has 0 aromatic heterocycles. The first-order valence-electron chi connectivity index (χ1n) is 8.42. The van der Waals surface area contributed by atoms with E-state index >= 15 is 0 Å². The summed E-state index contributed by atoms with van der Waals surface area (Å²) in [4.78, 5) is 13.8. The molecule has 1 amide bonds. The van der Waals surface area contributed by atoms with E-state index in [-0.39, 0.29) is 17.6 Å². The molecule has 2 saturated heterocycles. The minimum Gasteiger partial charge on any atom is -0.381 e. The van der Waals surface area contributed by atoms with E-state index in [1.165, 1.54) is 12.8 Å². The lowest BCUT2D eigenvalue weighted by atomic mass is 9.83. The van der Waals surface area contributed by atoms with Crippen LogP contribution in [0.15, 0.2) is 0 Å². The van der Waals surface area contributed by atoms with E-state index in [1.54, 1.807) is 4.90 Å². The molecule has 0 aromatic rings. The highest BCUT2D eigenvalue weighted by Crippen LogP contribution is 2.45. The summed E-state index contributed by atoms with van der Waals surface area (Å²) in [6.45, 7) is 6.06. The second kappa shape index (κ2) is 5.78. The average Bonchev–Trinajstić information content (AvgIpc) is 3.12. The van der Waals surface area contributed by atoms with Gasteiger partial charge in [0, 0.05) is 32.0 Å². The Hall–Kier alpha value is -0.620. The highest BCUT2D eigenvalue weighted by molar-refractivity contribution is 7.93. The van der Waals surface area contributed by atoms with Crippen LogP contribution in [0.4, 0.5) is 0 Å². The van der Waals surface area contributed by atoms with Crippen LogP contribution in [0, 0.1) is 17.8 Å². The van der Waals surface area contributed by atoms with Gasteiger partial charge in [0.05, 0.1) is 12.4 Å². The Kier molecular flexibility index (Phi) is 4.27. The van der Waals surface area contributed by atoms with E-state index in [9.17, 15) is 13.2 Å². The SMILES string of the molecule is CC(C)CC(=O)N1CC2(C1)[C@@H](COCC1CC1)CCS2(=O)=O. The summed E-state index contributed by atoms with van der Waals surface area (Å²) in [6.07, 6.45) is 3.66. The minimum atomic E-state index is -3.10. The van der Waals surface area contributed by atoms with Crippen molar-refractivity contribution in [3.05, 3.63) is 0 Å². The van der Waals surface area contributed by atoms with Gasteiger partial charge in [-0.1, -0.05) is 13.8 Å². The third-order valence-electron chi connectivity index (χ3n) is 5.32. The zero-order valence-corrected chi connectivity index (χ0v) is 14.4. The van der Waals surface area contributed by atoms with Crippen molar-refractivity contribution in [1.29, 1.82) is 0 Å². The van der Waals surface area contributed by atoms with Crippen LogP contribution in [-0.2, 0) is 19.4 Å². The standard InChI is InChI=1S/C16H27NO4S/c1-12(2)7-15(18)17-10-16(11-17)14(5-6-22(16,19)20)9-21-8-13-3-4-13/h12-14H,3-11H2,1-2H3/t14-/m1/s1. The molecule has 126 valence electrons. The number of ether oxygens (including phenoxy) is 1. The number of sulfone groups is 1. The van der Waals surface area contributed by atoms with Gasteiger partial charge in [-0.3, -0.25) is 4.79 Å². The first kappa shape index (κ1) is 16.2. The van der Waals surface area contributed by atoms with Crippen molar-refractivity contribution in [2.45, 2.75) is 44.3 Å². The third kappa shape index (κ3) is 2.92. The van der Waals surface area contributed by atoms with Gasteiger partial charge in [0.15, 0.2) is 9.84 Å². The predicted molar refractivity (Wildman–Crippen MR) is 84.2 cm³/mol. The maximum Gasteiger partial charge on any atom is 0.222 e. The molecule has 0 bridgehead atoms. The van der Waals surface area contributed by atoms with E-state index < -0.39 is 14.6 Å². The van der Waals surface area contributed by atoms with Crippen LogP contribution < -0.4 is 0 Å². The number of hydrogen-bond acceptors (Lipinski definition) is 4. The summed E-state index contributed by atoms with van der Waals surface area (Å²) in [5.41, 5.74) is 0. The molecule has 0 radical (unpaired) electrons. The lowest BCUT2D eigenvalue weighted by Gasteiger charge is -2.50. The lowest BCUT2D eigenvalue weighted by Crippen LogP contribution is -2.68. The first-order chi connectivity index (χ1) is 10.3. The molecule has 1 aliphatic carbocycles. The number of carbonyl (C=O) groups is 1. The summed E-state index contributed by atoms with van der Waals surface area (Å²) in [7, 11) is -3.10. The fourth-order valence-electron chi connectivity index (χ4n) is 3.62. The van der Waals surface area contributed by atoms with E-state index in [0.717, 1.165) is 6.61 Å². The fourth-order valence-corrected chi connectivity index (χ4v) is 6.02. The van der Waals surface area contributed by atoms with Gasteiger partial charge in [0.2, 0.25) is 5.91 Å². The minimum absolute atomic E-state index is 0.0550. The lowest BCUT2D eigenvalue weighted by molar-refractivity contribution is -0.138. The smallest absolute Gasteiger partial charge is 0.222 e. The molecule has 0 N–H and O–H groups in total. The Labute approximate surface area is 133 Å². The first-order valence-corrected chi connectivity index (χ1v) is 10.1. The molecule has 1 atom stereocenters. The Morgan fingerprint density at radius 1 is 1.23 bits per heavy atom. The van der Waals surface area contributed by atoms with Gasteiger partial charge in [-0.05, 0) is 31.1 Å². The number of rotatable bonds is 6. The van der Waals surface area contributed by atoms with Crippen LogP contribution in [0.25, 0.3) is 0 Å². The molecule has 0 unspecified atom stereocenters. The van der Waals surface area contributed by atoms with Crippen LogP contribution in [0.2, 0.25) is 0 Å². The van der Waals surface area contributed by atoms with Gasteiger partial charge in [0.1, 0.15) is 4.75 Å². The molecular formula is C16H27NO4S. The molecule has 3 fully saturated rings. The third-order valence-corrected chi connectivity index (χ3v) is 7.92. The molecule has 2 aliphatic heterocycles. The number of likely N-dealkylation sites (tertiary alicyclic amines) is 1. The summed E-state index contributed by atoms with van der Waals surface area (Å²) < 4.78 is 30.0. The van der Waals surface area contributed by atoms with Crippen LogP contribution in [0.3, 0.4) is 0 Å². The molecule has 5 nitrogen and oxygen atoms in total. The largest absolute Gasteiger partial charge is 0.381 e. The highest BCUT2D eigenvalue weighted by Gasteiger charge is 2.62. The zero-order chi connectivity index (χ0) is 16.0. The van der Waals surface area contributed by atoms with Gasteiger partial charge in [-0.25, -0.2) is 8.42 Å². The van der Waals surface area contributed by atoms with Crippen LogP contribution in [0.1, 0.15) is 39.5 Å². The zero-order valence-electron chi connectivity index (χ0n) is 13.6. The molecule has 1 saturated carbocycles. The molecular weight excluding hydrogens is 302 g/mol. The van der Waals surface area contributed by atoms with Gasteiger partial charge >= 0.3 is 0 Å². The Morgan fingerprint density at radius 3 is 2.50 bits per heavy atom. The van der Waals surface area contributed by atoms with Gasteiger partial charge in [-0.2, -0.15) is 0 Å². The van der Waals surface area contributed by atoms with Crippen molar-refractivity contribution < 1.29 is 17.9 Å². The fraction of sp³-hybridized carbons (Fsp3) is 0.938. The van der Waals surface area contributed by atoms with Crippen molar-refractivity contribution in [2.75, 3.05) is 32.1 Å². The molecule has 1 spiro atoms. The molecule has 3 aliphatic rings. The topological polar surface area (TPSA) is 63.7 Å². The van der Waals surface area contributed by atoms with E-state index in [2.05, 4.69) is 0 Å². The molecule has 2 heterocycles. The summed E-state index contributed by atoms with van der Waals surface area (Å²) in [5.74, 6) is 1.39. The summed E-state index contributed by atoms with van der Waals surface area (Å²) in [6, 6.07) is 0. The quantitative estimate of drug-likeness (QED) is 0.740. The van der Waals surface area contributed by atoms with E-state index in [1.807, 2.05) is 13.8 Å². The van der Waals surface area contributed by atoms with Crippen molar-refractivity contribution in [3.8, 4) is 0 Å². The van der Waals surface area contributed by atoms with Gasteiger partial charge in [0.25, 0.3) is 0 Å². The van der Waals surface area contributed by atoms with E-state index in [0.29, 0.717) is 44.4 Å². The molecule has 0 aromatic carbocycles. The Bertz CT molecular complexity index is 532. The normalized spacial score (nSPS) is 29.0. The van der Waals surface area contributed by atoms with Crippen molar-refractivity contribution >= 4 is 15.7 Å². The average molecular weight is 329 g/mol. The second-order valence-corrected chi connectivity index (χ2v) is 10.1. The summed E-state index contributed by atoms with van der Waals surface area (Å²) >= 11 is 0. The maximum atomic E-state index is 12.5. The highest BCUT2D eigenvalue weighted by atomic mass is 32.2. The maximum absolute atomic E-state index is 12.5. The van der Waals surface area contributed by atoms with E-state index in [4.69, 9.17) is 4.74 Å². The second-order valence-electron chi connectivity index (χ2n) is 7.70. The van der Waals surface area contributed by atoms with Crippen molar-refractivity contribution in [1.82, 2.24) is 4.90 Å². The number of amides is 1. The number of nitrogens with zero attached hydrogens (tertiary/aromatic N) is 1. The Balaban J connectivity index is 1.60. The molecule has 22 heavy (non-hydrogen) atoms. The van der Waals surface area contributed by atoms with Crippen LogP contribution >= 0.6 is 0 Å². The van der Waals surface area contributed by atoms with Crippen LogP contribution in [0.5, 0.6) is 0 Å². The van der Waals surface area contributed by atoms with Crippen molar-refractivity contribution in [2.24, 2.45) is 17.8 Å². The van der Waals surface area contributed by atoms with Crippen LogP contribution in [-0.4, -0.2) is 56.0 Å². The molecule has 3 rings (SSSR count). The monoisotopic (exact) mass is 329 g/mol. The number of carbonyl (C=O) groups excluding carboxylic acids is 1. The number of hydrogen-bond donors (Lipinski definition) is 0. The molecule has 6 heteroatoms. The Morgan fingerprint density at radius 2 is 1.91 bits per heavy atom. The predicted octanol–water partition coefficient (Wildman–Crippen LogP) is 1.47. The van der Waals surface area contributed by atoms with Gasteiger partial charge in [-0.15, -0.1) is 0 Å². The summed E-state index contributed by atoms with van der Waals surface area (Å²) in [5, 5.41) is 0. The van der Waals surface area contributed by atoms with Crippen molar-refractivity contribution in [3.63, 3.8) is 0 Å². The van der Waals surface area contributed by atoms with Gasteiger partial charge < -0.3 is 9.64 Å².